The molecular formula is C13H10ClNO2. The van der Waals surface area contributed by atoms with Crippen molar-refractivity contribution < 1.29 is 9.90 Å². The molecule has 0 bridgehead atoms. The lowest BCUT2D eigenvalue weighted by Gasteiger charge is -2.04. The second-order valence-electron chi connectivity index (χ2n) is 3.66. The van der Waals surface area contributed by atoms with E-state index in [0.29, 0.717) is 0 Å². The van der Waals surface area contributed by atoms with E-state index in [-0.39, 0.29) is 10.6 Å². The van der Waals surface area contributed by atoms with Gasteiger partial charge in [0.05, 0.1) is 16.3 Å². The van der Waals surface area contributed by atoms with Gasteiger partial charge in [-0.3, -0.25) is 4.98 Å². The zero-order valence-electron chi connectivity index (χ0n) is 9.14. The van der Waals surface area contributed by atoms with E-state index in [2.05, 4.69) is 4.98 Å². The Morgan fingerprint density at radius 3 is 2.71 bits per heavy atom. The fourth-order valence-corrected chi connectivity index (χ4v) is 1.75. The standard InChI is InChI=1S/C13H10ClNO2/c1-8-3-2-4-12(15-8)9-5-6-11(14)10(7-9)13(16)17/h2-7H,1H3,(H,16,17). The van der Waals surface area contributed by atoms with Crippen LogP contribution in [0.15, 0.2) is 36.4 Å². The largest absolute Gasteiger partial charge is 0.478 e. The number of aryl methyl sites for hydroxylation is 1. The highest BCUT2D eigenvalue weighted by molar-refractivity contribution is 6.33. The number of aromatic carboxylic acids is 1. The molecule has 3 nitrogen and oxygen atoms in total. The first-order chi connectivity index (χ1) is 8.08. The lowest BCUT2D eigenvalue weighted by molar-refractivity contribution is 0.0697. The Labute approximate surface area is 104 Å². The van der Waals surface area contributed by atoms with Gasteiger partial charge in [-0.25, -0.2) is 4.79 Å². The molecule has 0 aliphatic rings. The molecule has 0 radical (unpaired) electrons. The molecule has 1 heterocycles. The third-order valence-electron chi connectivity index (χ3n) is 2.38. The Balaban J connectivity index is 2.54. The van der Waals surface area contributed by atoms with Crippen LogP contribution in [-0.2, 0) is 0 Å². The smallest absolute Gasteiger partial charge is 0.337 e. The molecule has 86 valence electrons. The van der Waals surface area contributed by atoms with Crippen molar-refractivity contribution in [2.45, 2.75) is 6.92 Å². The predicted octanol–water partition coefficient (Wildman–Crippen LogP) is 3.41. The van der Waals surface area contributed by atoms with Crippen molar-refractivity contribution in [3.8, 4) is 11.3 Å². The molecule has 0 atom stereocenters. The lowest BCUT2D eigenvalue weighted by Crippen LogP contribution is -1.98. The average molecular weight is 248 g/mol. The van der Waals surface area contributed by atoms with Gasteiger partial charge in [-0.2, -0.15) is 0 Å². The number of benzene rings is 1. The molecule has 2 rings (SSSR count). The van der Waals surface area contributed by atoms with Gasteiger partial charge >= 0.3 is 5.97 Å². The number of carboxylic acids is 1. The first-order valence-corrected chi connectivity index (χ1v) is 5.42. The van der Waals surface area contributed by atoms with Crippen LogP contribution < -0.4 is 0 Å². The molecule has 0 saturated carbocycles. The molecule has 0 aliphatic carbocycles. The summed E-state index contributed by atoms with van der Waals surface area (Å²) in [6, 6.07) is 10.5. The minimum atomic E-state index is -1.04. The molecule has 0 fully saturated rings. The van der Waals surface area contributed by atoms with Gasteiger partial charge in [0.2, 0.25) is 0 Å². The number of pyridine rings is 1. The summed E-state index contributed by atoms with van der Waals surface area (Å²) in [6.07, 6.45) is 0. The number of aromatic nitrogens is 1. The Kier molecular flexibility index (Phi) is 3.11. The summed E-state index contributed by atoms with van der Waals surface area (Å²) in [6.45, 7) is 1.89. The topological polar surface area (TPSA) is 50.2 Å². The summed E-state index contributed by atoms with van der Waals surface area (Å²) in [5.74, 6) is -1.04. The Morgan fingerprint density at radius 1 is 1.29 bits per heavy atom. The van der Waals surface area contributed by atoms with Crippen LogP contribution in [0.2, 0.25) is 5.02 Å². The predicted molar refractivity (Wildman–Crippen MR) is 66.4 cm³/mol. The van der Waals surface area contributed by atoms with Gasteiger partial charge in [0.15, 0.2) is 0 Å². The van der Waals surface area contributed by atoms with Crippen molar-refractivity contribution in [1.29, 1.82) is 0 Å². The van der Waals surface area contributed by atoms with E-state index in [4.69, 9.17) is 16.7 Å². The van der Waals surface area contributed by atoms with Gasteiger partial charge in [-0.15, -0.1) is 0 Å². The normalized spacial score (nSPS) is 10.2. The van der Waals surface area contributed by atoms with Gasteiger partial charge in [-0.1, -0.05) is 23.7 Å². The molecule has 1 N–H and O–H groups in total. The maximum Gasteiger partial charge on any atom is 0.337 e. The summed E-state index contributed by atoms with van der Waals surface area (Å²) in [4.78, 5) is 15.3. The Bertz CT molecular complexity index is 581. The van der Waals surface area contributed by atoms with E-state index in [0.717, 1.165) is 17.0 Å². The molecular weight excluding hydrogens is 238 g/mol. The minimum Gasteiger partial charge on any atom is -0.478 e. The summed E-state index contributed by atoms with van der Waals surface area (Å²) in [7, 11) is 0. The van der Waals surface area contributed by atoms with Gasteiger partial charge in [0.1, 0.15) is 0 Å². The third kappa shape index (κ3) is 2.45. The highest BCUT2D eigenvalue weighted by Gasteiger charge is 2.10. The van der Waals surface area contributed by atoms with Crippen molar-refractivity contribution in [3.05, 3.63) is 52.7 Å². The zero-order chi connectivity index (χ0) is 12.4. The van der Waals surface area contributed by atoms with E-state index in [1.807, 2.05) is 25.1 Å². The summed E-state index contributed by atoms with van der Waals surface area (Å²) < 4.78 is 0. The second kappa shape index (κ2) is 4.55. The van der Waals surface area contributed by atoms with Crippen molar-refractivity contribution in [2.75, 3.05) is 0 Å². The van der Waals surface area contributed by atoms with Gasteiger partial charge < -0.3 is 5.11 Å². The van der Waals surface area contributed by atoms with Crippen molar-refractivity contribution in [1.82, 2.24) is 4.98 Å². The maximum atomic E-state index is 11.0. The zero-order valence-corrected chi connectivity index (χ0v) is 9.90. The van der Waals surface area contributed by atoms with Crippen molar-refractivity contribution >= 4 is 17.6 Å². The van der Waals surface area contributed by atoms with Gasteiger partial charge in [0, 0.05) is 11.3 Å². The number of carbonyl (C=O) groups is 1. The van der Waals surface area contributed by atoms with Crippen LogP contribution in [0, 0.1) is 6.92 Å². The van der Waals surface area contributed by atoms with E-state index < -0.39 is 5.97 Å². The first-order valence-electron chi connectivity index (χ1n) is 5.05. The van der Waals surface area contributed by atoms with Crippen molar-refractivity contribution in [3.63, 3.8) is 0 Å². The van der Waals surface area contributed by atoms with Crippen LogP contribution in [-0.4, -0.2) is 16.1 Å². The first kappa shape index (κ1) is 11.6. The number of carboxylic acid groups (broad SMARTS) is 1. The summed E-state index contributed by atoms with van der Waals surface area (Å²) in [5, 5.41) is 9.22. The number of halogens is 1. The Hall–Kier alpha value is -1.87. The van der Waals surface area contributed by atoms with E-state index in [1.54, 1.807) is 12.1 Å². The molecule has 0 aliphatic heterocycles. The SMILES string of the molecule is Cc1cccc(-c2ccc(Cl)c(C(=O)O)c2)n1. The Morgan fingerprint density at radius 2 is 2.06 bits per heavy atom. The van der Waals surface area contributed by atoms with E-state index in [1.165, 1.54) is 6.07 Å². The number of nitrogens with zero attached hydrogens (tertiary/aromatic N) is 1. The molecule has 1 aromatic heterocycles. The molecule has 0 amide bonds. The van der Waals surface area contributed by atoms with Gasteiger partial charge in [0.25, 0.3) is 0 Å². The van der Waals surface area contributed by atoms with Gasteiger partial charge in [-0.05, 0) is 31.2 Å². The molecule has 0 saturated heterocycles. The molecule has 0 spiro atoms. The van der Waals surface area contributed by atoms with Crippen LogP contribution in [0.25, 0.3) is 11.3 Å². The van der Waals surface area contributed by atoms with Crippen molar-refractivity contribution in [2.24, 2.45) is 0 Å². The minimum absolute atomic E-state index is 0.0903. The van der Waals surface area contributed by atoms with E-state index in [9.17, 15) is 4.79 Å². The fourth-order valence-electron chi connectivity index (χ4n) is 1.55. The molecule has 0 unspecified atom stereocenters. The highest BCUT2D eigenvalue weighted by Crippen LogP contribution is 2.24. The molecule has 2 aromatic rings. The second-order valence-corrected chi connectivity index (χ2v) is 4.07. The highest BCUT2D eigenvalue weighted by atomic mass is 35.5. The molecule has 17 heavy (non-hydrogen) atoms. The molecule has 1 aromatic carbocycles. The summed E-state index contributed by atoms with van der Waals surface area (Å²) in [5.41, 5.74) is 2.46. The average Bonchev–Trinajstić information content (AvgIpc) is 2.29. The lowest BCUT2D eigenvalue weighted by atomic mass is 10.1. The molecule has 4 heteroatoms. The van der Waals surface area contributed by atoms with Crippen LogP contribution in [0.4, 0.5) is 0 Å². The van der Waals surface area contributed by atoms with Crippen LogP contribution in [0.5, 0.6) is 0 Å². The van der Waals surface area contributed by atoms with E-state index >= 15 is 0 Å². The van der Waals surface area contributed by atoms with Crippen LogP contribution in [0.3, 0.4) is 0 Å². The third-order valence-corrected chi connectivity index (χ3v) is 2.71. The number of hydrogen-bond acceptors (Lipinski definition) is 2. The monoisotopic (exact) mass is 247 g/mol. The summed E-state index contributed by atoms with van der Waals surface area (Å²) >= 11 is 5.81. The maximum absolute atomic E-state index is 11.0. The number of hydrogen-bond donors (Lipinski definition) is 1. The van der Waals surface area contributed by atoms with Crippen LogP contribution >= 0.6 is 11.6 Å². The van der Waals surface area contributed by atoms with Crippen LogP contribution in [0.1, 0.15) is 16.1 Å². The number of rotatable bonds is 2. The fraction of sp³-hybridized carbons (Fsp3) is 0.0769. The quantitative estimate of drug-likeness (QED) is 0.885.